The molecule has 22 heavy (non-hydrogen) atoms. The van der Waals surface area contributed by atoms with E-state index in [0.717, 1.165) is 6.07 Å². The lowest BCUT2D eigenvalue weighted by Gasteiger charge is -2.10. The summed E-state index contributed by atoms with van der Waals surface area (Å²) in [5, 5.41) is 4.67. The van der Waals surface area contributed by atoms with Gasteiger partial charge in [0.05, 0.1) is 17.0 Å². The van der Waals surface area contributed by atoms with Gasteiger partial charge in [0, 0.05) is 19.8 Å². The first-order chi connectivity index (χ1) is 10.2. The van der Waals surface area contributed by atoms with Crippen molar-refractivity contribution in [1.29, 1.82) is 0 Å². The molecule has 1 rings (SSSR count). The predicted molar refractivity (Wildman–Crippen MR) is 72.4 cm³/mol. The van der Waals surface area contributed by atoms with Gasteiger partial charge in [0.1, 0.15) is 5.82 Å². The Morgan fingerprint density at radius 3 is 2.64 bits per heavy atom. The Morgan fingerprint density at radius 1 is 1.41 bits per heavy atom. The molecule has 0 saturated carbocycles. The van der Waals surface area contributed by atoms with E-state index in [1.807, 2.05) is 0 Å². The third kappa shape index (κ3) is 5.76. The second kappa shape index (κ2) is 7.83. The van der Waals surface area contributed by atoms with Crippen molar-refractivity contribution >= 4 is 29.3 Å². The molecule has 0 fully saturated rings. The number of nitrogens with zero attached hydrogens (tertiary/aromatic N) is 1. The van der Waals surface area contributed by atoms with Gasteiger partial charge in [0.15, 0.2) is 6.61 Å². The van der Waals surface area contributed by atoms with E-state index >= 15 is 0 Å². The van der Waals surface area contributed by atoms with Gasteiger partial charge in [-0.25, -0.2) is 4.98 Å². The predicted octanol–water partition coefficient (Wildman–Crippen LogP) is 1.84. The first-order valence-electron chi connectivity index (χ1n) is 6.07. The molecule has 0 radical (unpaired) electrons. The van der Waals surface area contributed by atoms with E-state index in [2.05, 4.69) is 20.4 Å². The Labute approximate surface area is 129 Å². The van der Waals surface area contributed by atoms with E-state index in [1.54, 1.807) is 0 Å². The number of aromatic nitrogens is 1. The monoisotopic (exact) mass is 339 g/mol. The van der Waals surface area contributed by atoms with Crippen LogP contribution in [-0.4, -0.2) is 37.1 Å². The van der Waals surface area contributed by atoms with Crippen molar-refractivity contribution in [2.75, 3.05) is 25.5 Å². The summed E-state index contributed by atoms with van der Waals surface area (Å²) >= 11 is 5.68. The number of carbonyl (C=O) groups is 2. The molecular weight excluding hydrogens is 327 g/mol. The van der Waals surface area contributed by atoms with Gasteiger partial charge >= 0.3 is 12.1 Å². The number of ether oxygens (including phenoxy) is 1. The van der Waals surface area contributed by atoms with Crippen LogP contribution in [0.3, 0.4) is 0 Å². The number of alkyl halides is 3. The van der Waals surface area contributed by atoms with Crippen LogP contribution < -0.4 is 10.6 Å². The van der Waals surface area contributed by atoms with Gasteiger partial charge in [-0.3, -0.25) is 9.59 Å². The average Bonchev–Trinajstić information content (AvgIpc) is 2.45. The standard InChI is InChI=1S/C12H13ClF3N3O3/c1-17-9(20)6-22-10(21)2-3-18-11-8(13)4-7(5-19-11)12(14,15)16/h4-5H,2-3,6H2,1H3,(H,17,20)(H,18,19). The molecule has 10 heteroatoms. The fourth-order valence-electron chi connectivity index (χ4n) is 1.30. The number of rotatable bonds is 6. The van der Waals surface area contributed by atoms with Crippen molar-refractivity contribution < 1.29 is 27.5 Å². The van der Waals surface area contributed by atoms with Crippen LogP contribution in [0.15, 0.2) is 12.3 Å². The molecule has 1 aromatic heterocycles. The van der Waals surface area contributed by atoms with Crippen LogP contribution in [0.4, 0.5) is 19.0 Å². The third-order valence-corrected chi connectivity index (χ3v) is 2.72. The van der Waals surface area contributed by atoms with Gasteiger partial charge < -0.3 is 15.4 Å². The van der Waals surface area contributed by atoms with Gasteiger partial charge in [-0.05, 0) is 6.07 Å². The second-order valence-electron chi connectivity index (χ2n) is 4.06. The van der Waals surface area contributed by atoms with Crippen molar-refractivity contribution in [3.63, 3.8) is 0 Å². The lowest BCUT2D eigenvalue weighted by atomic mass is 10.3. The first-order valence-corrected chi connectivity index (χ1v) is 6.44. The molecule has 0 unspecified atom stereocenters. The minimum Gasteiger partial charge on any atom is -0.456 e. The van der Waals surface area contributed by atoms with Crippen LogP contribution in [0.5, 0.6) is 0 Å². The molecule has 6 nitrogen and oxygen atoms in total. The van der Waals surface area contributed by atoms with E-state index in [4.69, 9.17) is 11.6 Å². The summed E-state index contributed by atoms with van der Waals surface area (Å²) in [7, 11) is 1.40. The minimum absolute atomic E-state index is 0.0220. The van der Waals surface area contributed by atoms with Gasteiger partial charge in [-0.15, -0.1) is 0 Å². The summed E-state index contributed by atoms with van der Waals surface area (Å²) in [6.07, 6.45) is -3.99. The largest absolute Gasteiger partial charge is 0.456 e. The Kier molecular flexibility index (Phi) is 6.41. The molecule has 0 spiro atoms. The quantitative estimate of drug-likeness (QED) is 0.773. The zero-order valence-corrected chi connectivity index (χ0v) is 12.2. The molecule has 0 aliphatic rings. The lowest BCUT2D eigenvalue weighted by Crippen LogP contribution is -2.25. The highest BCUT2D eigenvalue weighted by Gasteiger charge is 2.31. The van der Waals surface area contributed by atoms with Crippen LogP contribution in [-0.2, 0) is 20.5 Å². The maximum atomic E-state index is 12.4. The number of carbonyl (C=O) groups excluding carboxylic acids is 2. The zero-order valence-electron chi connectivity index (χ0n) is 11.5. The molecule has 0 aliphatic heterocycles. The zero-order chi connectivity index (χ0) is 16.8. The molecule has 0 aromatic carbocycles. The number of anilines is 1. The fraction of sp³-hybridized carbons (Fsp3) is 0.417. The molecule has 122 valence electrons. The maximum Gasteiger partial charge on any atom is 0.417 e. The second-order valence-corrected chi connectivity index (χ2v) is 4.47. The Hall–Kier alpha value is -2.03. The lowest BCUT2D eigenvalue weighted by molar-refractivity contribution is -0.148. The van der Waals surface area contributed by atoms with Crippen LogP contribution in [0.2, 0.25) is 5.02 Å². The fourth-order valence-corrected chi connectivity index (χ4v) is 1.53. The molecule has 0 atom stereocenters. The summed E-state index contributed by atoms with van der Waals surface area (Å²) in [6, 6.07) is 0.737. The van der Waals surface area contributed by atoms with Gasteiger partial charge in [-0.1, -0.05) is 11.6 Å². The molecule has 1 heterocycles. The Morgan fingerprint density at radius 2 is 2.09 bits per heavy atom. The number of hydrogen-bond donors (Lipinski definition) is 2. The van der Waals surface area contributed by atoms with E-state index in [9.17, 15) is 22.8 Å². The Bertz CT molecular complexity index is 552. The highest BCUT2D eigenvalue weighted by Crippen LogP contribution is 2.32. The summed E-state index contributed by atoms with van der Waals surface area (Å²) < 4.78 is 41.9. The van der Waals surface area contributed by atoms with E-state index < -0.39 is 30.2 Å². The van der Waals surface area contributed by atoms with Crippen LogP contribution in [0, 0.1) is 0 Å². The number of nitrogens with one attached hydrogen (secondary N) is 2. The summed E-state index contributed by atoms with van der Waals surface area (Å²) in [5.41, 5.74) is -0.965. The number of esters is 1. The number of halogens is 4. The smallest absolute Gasteiger partial charge is 0.417 e. The SMILES string of the molecule is CNC(=O)COC(=O)CCNc1ncc(C(F)(F)F)cc1Cl. The highest BCUT2D eigenvalue weighted by atomic mass is 35.5. The summed E-state index contributed by atoms with van der Waals surface area (Å²) in [5.74, 6) is -1.07. The molecule has 0 aliphatic carbocycles. The molecular formula is C12H13ClF3N3O3. The number of amides is 1. The molecule has 1 amide bonds. The van der Waals surface area contributed by atoms with Crippen molar-refractivity contribution in [2.45, 2.75) is 12.6 Å². The molecule has 0 saturated heterocycles. The van der Waals surface area contributed by atoms with Crippen molar-refractivity contribution in [3.05, 3.63) is 22.8 Å². The normalized spacial score (nSPS) is 11.0. The third-order valence-electron chi connectivity index (χ3n) is 2.43. The molecule has 2 N–H and O–H groups in total. The van der Waals surface area contributed by atoms with Gasteiger partial charge in [0.25, 0.3) is 5.91 Å². The molecule has 1 aromatic rings. The Balaban J connectivity index is 2.45. The maximum absolute atomic E-state index is 12.4. The average molecular weight is 340 g/mol. The van der Waals surface area contributed by atoms with Crippen LogP contribution in [0.25, 0.3) is 0 Å². The summed E-state index contributed by atoms with van der Waals surface area (Å²) in [4.78, 5) is 25.7. The van der Waals surface area contributed by atoms with Crippen LogP contribution >= 0.6 is 11.6 Å². The topological polar surface area (TPSA) is 80.3 Å². The van der Waals surface area contributed by atoms with Crippen LogP contribution in [0.1, 0.15) is 12.0 Å². The minimum atomic E-state index is -4.53. The first kappa shape index (κ1) is 18.0. The number of pyridine rings is 1. The van der Waals surface area contributed by atoms with Gasteiger partial charge in [0.2, 0.25) is 0 Å². The van der Waals surface area contributed by atoms with E-state index in [0.29, 0.717) is 6.20 Å². The van der Waals surface area contributed by atoms with Gasteiger partial charge in [-0.2, -0.15) is 13.2 Å². The number of hydrogen-bond acceptors (Lipinski definition) is 5. The van der Waals surface area contributed by atoms with E-state index in [1.165, 1.54) is 7.05 Å². The summed E-state index contributed by atoms with van der Waals surface area (Å²) in [6.45, 7) is -0.348. The number of likely N-dealkylation sites (N-methyl/N-ethyl adjacent to an activating group) is 1. The van der Waals surface area contributed by atoms with Crippen molar-refractivity contribution in [2.24, 2.45) is 0 Å². The molecule has 0 bridgehead atoms. The van der Waals surface area contributed by atoms with Crippen molar-refractivity contribution in [1.82, 2.24) is 10.3 Å². The van der Waals surface area contributed by atoms with E-state index in [-0.39, 0.29) is 23.8 Å². The highest BCUT2D eigenvalue weighted by molar-refractivity contribution is 6.32. The van der Waals surface area contributed by atoms with Crippen molar-refractivity contribution in [3.8, 4) is 0 Å².